The average Bonchev–Trinajstić information content (AvgIpc) is 3.19. The molecule has 1 aliphatic carbocycles. The molecule has 1 fully saturated rings. The van der Waals surface area contributed by atoms with E-state index in [4.69, 9.17) is 5.26 Å². The first kappa shape index (κ1) is 12.5. The van der Waals surface area contributed by atoms with Crippen LogP contribution in [-0.2, 0) is 6.54 Å². The number of non-ortho nitro benzene ring substituents is 1. The predicted molar refractivity (Wildman–Crippen MR) is 66.8 cm³/mol. The molecule has 0 saturated heterocycles. The normalized spacial score (nSPS) is 14.4. The van der Waals surface area contributed by atoms with E-state index in [0.717, 1.165) is 12.1 Å². The number of rotatable bonds is 6. The Morgan fingerprint density at radius 1 is 1.50 bits per heavy atom. The Kier molecular flexibility index (Phi) is 3.90. The smallest absolute Gasteiger partial charge is 0.269 e. The van der Waals surface area contributed by atoms with Gasteiger partial charge in [-0.1, -0.05) is 12.1 Å². The van der Waals surface area contributed by atoms with Crippen molar-refractivity contribution in [1.29, 1.82) is 5.26 Å². The van der Waals surface area contributed by atoms with Crippen molar-refractivity contribution in [2.24, 2.45) is 0 Å². The van der Waals surface area contributed by atoms with Crippen LogP contribution in [0.5, 0.6) is 0 Å². The largest absolute Gasteiger partial charge is 0.295 e. The summed E-state index contributed by atoms with van der Waals surface area (Å²) in [6, 6.07) is 9.42. The van der Waals surface area contributed by atoms with Crippen LogP contribution in [0.25, 0.3) is 0 Å². The van der Waals surface area contributed by atoms with E-state index < -0.39 is 0 Å². The Balaban J connectivity index is 2.04. The minimum absolute atomic E-state index is 0.128. The minimum atomic E-state index is -0.375. The molecule has 94 valence electrons. The van der Waals surface area contributed by atoms with E-state index in [-0.39, 0.29) is 10.6 Å². The molecular weight excluding hydrogens is 230 g/mol. The van der Waals surface area contributed by atoms with Crippen LogP contribution >= 0.6 is 0 Å². The summed E-state index contributed by atoms with van der Waals surface area (Å²) >= 11 is 0. The molecule has 1 saturated carbocycles. The fourth-order valence-corrected chi connectivity index (χ4v) is 2.03. The van der Waals surface area contributed by atoms with Gasteiger partial charge in [0.15, 0.2) is 0 Å². The highest BCUT2D eigenvalue weighted by Gasteiger charge is 2.28. The van der Waals surface area contributed by atoms with E-state index in [1.54, 1.807) is 12.1 Å². The zero-order chi connectivity index (χ0) is 13.0. The first-order valence-corrected chi connectivity index (χ1v) is 6.05. The quantitative estimate of drug-likeness (QED) is 0.570. The summed E-state index contributed by atoms with van der Waals surface area (Å²) < 4.78 is 0. The standard InChI is InChI=1S/C13H15N3O2/c14-7-2-8-15(12-5-6-12)10-11-3-1-4-13(9-11)16(17)18/h1,3-4,9,12H,2,5-6,8,10H2. The lowest BCUT2D eigenvalue weighted by Gasteiger charge is -2.20. The molecule has 0 aromatic heterocycles. The van der Waals surface area contributed by atoms with Gasteiger partial charge in [-0.05, 0) is 18.4 Å². The summed E-state index contributed by atoms with van der Waals surface area (Å²) in [5.74, 6) is 0. The maximum absolute atomic E-state index is 10.7. The van der Waals surface area contributed by atoms with Crippen LogP contribution in [0.2, 0.25) is 0 Å². The van der Waals surface area contributed by atoms with Crippen molar-refractivity contribution < 1.29 is 4.92 Å². The Morgan fingerprint density at radius 2 is 2.28 bits per heavy atom. The molecule has 18 heavy (non-hydrogen) atoms. The number of hydrogen-bond acceptors (Lipinski definition) is 4. The van der Waals surface area contributed by atoms with Gasteiger partial charge in [0.05, 0.1) is 11.0 Å². The Hall–Kier alpha value is -1.93. The number of nitriles is 1. The number of benzene rings is 1. The second-order valence-electron chi connectivity index (χ2n) is 4.54. The molecule has 0 radical (unpaired) electrons. The number of nitro groups is 1. The molecule has 0 bridgehead atoms. The van der Waals surface area contributed by atoms with Crippen molar-refractivity contribution in [3.8, 4) is 6.07 Å². The zero-order valence-electron chi connectivity index (χ0n) is 10.1. The minimum Gasteiger partial charge on any atom is -0.295 e. The van der Waals surface area contributed by atoms with E-state index in [0.29, 0.717) is 19.0 Å². The van der Waals surface area contributed by atoms with Crippen molar-refractivity contribution >= 4 is 5.69 Å². The molecule has 1 aromatic carbocycles. The van der Waals surface area contributed by atoms with E-state index in [1.807, 2.05) is 6.07 Å². The van der Waals surface area contributed by atoms with Crippen LogP contribution in [0, 0.1) is 21.4 Å². The summed E-state index contributed by atoms with van der Waals surface area (Å²) in [4.78, 5) is 12.6. The van der Waals surface area contributed by atoms with Crippen LogP contribution in [-0.4, -0.2) is 22.4 Å². The summed E-state index contributed by atoms with van der Waals surface area (Å²) in [7, 11) is 0. The van der Waals surface area contributed by atoms with E-state index in [9.17, 15) is 10.1 Å². The highest BCUT2D eigenvalue weighted by Crippen LogP contribution is 2.28. The first-order chi connectivity index (χ1) is 8.70. The monoisotopic (exact) mass is 245 g/mol. The summed E-state index contributed by atoms with van der Waals surface area (Å²) in [5.41, 5.74) is 1.07. The third-order valence-corrected chi connectivity index (χ3v) is 3.08. The van der Waals surface area contributed by atoms with Crippen LogP contribution in [0.15, 0.2) is 24.3 Å². The van der Waals surface area contributed by atoms with Gasteiger partial charge in [0.25, 0.3) is 5.69 Å². The molecule has 0 unspecified atom stereocenters. The van der Waals surface area contributed by atoms with Gasteiger partial charge in [0, 0.05) is 37.7 Å². The van der Waals surface area contributed by atoms with Gasteiger partial charge in [-0.2, -0.15) is 5.26 Å². The topological polar surface area (TPSA) is 70.2 Å². The zero-order valence-corrected chi connectivity index (χ0v) is 10.1. The van der Waals surface area contributed by atoms with Gasteiger partial charge < -0.3 is 0 Å². The second kappa shape index (κ2) is 5.61. The van der Waals surface area contributed by atoms with Gasteiger partial charge in [0.2, 0.25) is 0 Å². The van der Waals surface area contributed by atoms with Gasteiger partial charge in [-0.15, -0.1) is 0 Å². The second-order valence-corrected chi connectivity index (χ2v) is 4.54. The van der Waals surface area contributed by atoms with Crippen LogP contribution in [0.4, 0.5) is 5.69 Å². The maximum Gasteiger partial charge on any atom is 0.269 e. The van der Waals surface area contributed by atoms with Crippen LogP contribution < -0.4 is 0 Å². The van der Waals surface area contributed by atoms with Gasteiger partial charge in [-0.3, -0.25) is 15.0 Å². The fourth-order valence-electron chi connectivity index (χ4n) is 2.03. The van der Waals surface area contributed by atoms with Crippen molar-refractivity contribution in [2.45, 2.75) is 31.8 Å². The highest BCUT2D eigenvalue weighted by molar-refractivity contribution is 5.34. The van der Waals surface area contributed by atoms with Gasteiger partial charge in [0.1, 0.15) is 0 Å². The van der Waals surface area contributed by atoms with Crippen LogP contribution in [0.1, 0.15) is 24.8 Å². The molecular formula is C13H15N3O2. The Morgan fingerprint density at radius 3 is 2.89 bits per heavy atom. The lowest BCUT2D eigenvalue weighted by Crippen LogP contribution is -2.26. The molecule has 5 nitrogen and oxygen atoms in total. The van der Waals surface area contributed by atoms with E-state index in [1.165, 1.54) is 18.9 Å². The molecule has 2 rings (SSSR count). The molecule has 1 aliphatic rings. The van der Waals surface area contributed by atoms with Crippen molar-refractivity contribution in [2.75, 3.05) is 6.54 Å². The number of hydrogen-bond donors (Lipinski definition) is 0. The molecule has 5 heteroatoms. The van der Waals surface area contributed by atoms with Crippen molar-refractivity contribution in [3.05, 3.63) is 39.9 Å². The average molecular weight is 245 g/mol. The number of nitrogens with zero attached hydrogens (tertiary/aromatic N) is 3. The van der Waals surface area contributed by atoms with Crippen molar-refractivity contribution in [3.63, 3.8) is 0 Å². The summed E-state index contributed by atoms with van der Waals surface area (Å²) in [5, 5.41) is 19.3. The lowest BCUT2D eigenvalue weighted by atomic mass is 10.2. The molecule has 0 atom stereocenters. The van der Waals surface area contributed by atoms with Gasteiger partial charge >= 0.3 is 0 Å². The molecule has 0 aliphatic heterocycles. The molecule has 0 heterocycles. The fraction of sp³-hybridized carbons (Fsp3) is 0.462. The van der Waals surface area contributed by atoms with Crippen molar-refractivity contribution in [1.82, 2.24) is 4.90 Å². The number of nitro benzene ring substituents is 1. The maximum atomic E-state index is 10.7. The van der Waals surface area contributed by atoms with E-state index >= 15 is 0 Å². The predicted octanol–water partition coefficient (Wildman–Crippen LogP) is 2.47. The van der Waals surface area contributed by atoms with Gasteiger partial charge in [-0.25, -0.2) is 0 Å². The van der Waals surface area contributed by atoms with Crippen LogP contribution in [0.3, 0.4) is 0 Å². The molecule has 0 amide bonds. The molecule has 1 aromatic rings. The summed E-state index contributed by atoms with van der Waals surface area (Å²) in [6.45, 7) is 1.43. The SMILES string of the molecule is N#CCCN(Cc1cccc([N+](=O)[O-])c1)C1CC1. The lowest BCUT2D eigenvalue weighted by molar-refractivity contribution is -0.384. The third-order valence-electron chi connectivity index (χ3n) is 3.08. The molecule has 0 spiro atoms. The third kappa shape index (κ3) is 3.28. The first-order valence-electron chi connectivity index (χ1n) is 6.05. The van der Waals surface area contributed by atoms with E-state index in [2.05, 4.69) is 11.0 Å². The Labute approximate surface area is 106 Å². The summed E-state index contributed by atoms with van der Waals surface area (Å²) in [6.07, 6.45) is 2.84. The molecule has 0 N–H and O–H groups in total. The highest BCUT2D eigenvalue weighted by atomic mass is 16.6. The Bertz CT molecular complexity index is 477.